The third kappa shape index (κ3) is 3.87. The molecule has 0 aliphatic heterocycles. The number of aromatic nitrogens is 3. The average Bonchev–Trinajstić information content (AvgIpc) is 2.92. The summed E-state index contributed by atoms with van der Waals surface area (Å²) in [6.45, 7) is 6.39. The molecule has 24 heavy (non-hydrogen) atoms. The second-order valence-electron chi connectivity index (χ2n) is 5.69. The highest BCUT2D eigenvalue weighted by Gasteiger charge is 2.01. The largest absolute Gasteiger partial charge is 0.489 e. The summed E-state index contributed by atoms with van der Waals surface area (Å²) in [6, 6.07) is 16.2. The molecule has 5 heteroatoms. The van der Waals surface area contributed by atoms with E-state index in [4.69, 9.17) is 4.74 Å². The number of ether oxygens (including phenoxy) is 1. The van der Waals surface area contributed by atoms with E-state index in [-0.39, 0.29) is 0 Å². The molecule has 1 aromatic heterocycles. The van der Waals surface area contributed by atoms with E-state index < -0.39 is 0 Å². The number of hydrogen-bond acceptors (Lipinski definition) is 4. The zero-order valence-corrected chi connectivity index (χ0v) is 14.1. The summed E-state index contributed by atoms with van der Waals surface area (Å²) in [7, 11) is 0. The summed E-state index contributed by atoms with van der Waals surface area (Å²) >= 11 is 0. The Bertz CT molecular complexity index is 813. The van der Waals surface area contributed by atoms with Gasteiger partial charge in [-0.3, -0.25) is 0 Å². The Kier molecular flexibility index (Phi) is 4.70. The van der Waals surface area contributed by atoms with E-state index in [1.807, 2.05) is 38.1 Å². The lowest BCUT2D eigenvalue weighted by atomic mass is 10.2. The number of aryl methyl sites for hydroxylation is 3. The van der Waals surface area contributed by atoms with E-state index in [1.54, 1.807) is 10.9 Å². The highest BCUT2D eigenvalue weighted by atomic mass is 16.5. The van der Waals surface area contributed by atoms with Gasteiger partial charge < -0.3 is 4.74 Å². The second-order valence-corrected chi connectivity index (χ2v) is 5.69. The first-order valence-electron chi connectivity index (χ1n) is 7.83. The van der Waals surface area contributed by atoms with Crippen molar-refractivity contribution in [2.24, 2.45) is 5.10 Å². The van der Waals surface area contributed by atoms with Crippen molar-refractivity contribution in [1.29, 1.82) is 0 Å². The molecule has 5 nitrogen and oxygen atoms in total. The molecule has 0 radical (unpaired) electrons. The number of benzene rings is 2. The van der Waals surface area contributed by atoms with Crippen LogP contribution in [0.5, 0.6) is 5.75 Å². The first-order chi connectivity index (χ1) is 11.6. The van der Waals surface area contributed by atoms with Crippen LogP contribution in [0.15, 0.2) is 53.6 Å². The van der Waals surface area contributed by atoms with Gasteiger partial charge in [0.05, 0.1) is 6.21 Å². The van der Waals surface area contributed by atoms with Gasteiger partial charge in [-0.1, -0.05) is 29.8 Å². The van der Waals surface area contributed by atoms with Crippen molar-refractivity contribution < 1.29 is 4.74 Å². The molecule has 0 spiro atoms. The Balaban J connectivity index is 1.62. The lowest BCUT2D eigenvalue weighted by Gasteiger charge is -2.07. The predicted octanol–water partition coefficient (Wildman–Crippen LogP) is 3.66. The van der Waals surface area contributed by atoms with Crippen molar-refractivity contribution in [1.82, 2.24) is 14.9 Å². The average molecular weight is 320 g/mol. The molecule has 0 unspecified atom stereocenters. The molecule has 122 valence electrons. The van der Waals surface area contributed by atoms with Crippen LogP contribution in [0, 0.1) is 20.8 Å². The molecule has 0 aliphatic rings. The monoisotopic (exact) mass is 320 g/mol. The molecule has 0 saturated heterocycles. The maximum absolute atomic E-state index is 5.81. The van der Waals surface area contributed by atoms with Crippen molar-refractivity contribution in [3.05, 3.63) is 76.9 Å². The molecule has 3 aromatic rings. The maximum atomic E-state index is 5.81. The zero-order valence-electron chi connectivity index (χ0n) is 14.1. The molecule has 1 heterocycles. The van der Waals surface area contributed by atoms with Crippen LogP contribution in [0.25, 0.3) is 0 Å². The van der Waals surface area contributed by atoms with Crippen molar-refractivity contribution in [2.45, 2.75) is 27.4 Å². The maximum Gasteiger partial charge on any atom is 0.151 e. The quantitative estimate of drug-likeness (QED) is 0.674. The van der Waals surface area contributed by atoms with E-state index in [1.165, 1.54) is 5.56 Å². The van der Waals surface area contributed by atoms with Crippen LogP contribution in [-0.4, -0.2) is 21.1 Å². The standard InChI is InChI=1S/C19H20N4O/c1-14-4-6-18(7-5-14)13-24-19-10-8-17(9-11-19)12-20-23-15(2)21-22-16(23)3/h4-12H,13H2,1-3H3/b20-12-. The Hall–Kier alpha value is -2.95. The molecular weight excluding hydrogens is 300 g/mol. The summed E-state index contributed by atoms with van der Waals surface area (Å²) in [6.07, 6.45) is 1.78. The van der Waals surface area contributed by atoms with E-state index >= 15 is 0 Å². The summed E-state index contributed by atoms with van der Waals surface area (Å²) in [4.78, 5) is 0. The van der Waals surface area contributed by atoms with Gasteiger partial charge in [-0.15, -0.1) is 10.2 Å². The van der Waals surface area contributed by atoms with Crippen LogP contribution in [0.1, 0.15) is 28.3 Å². The summed E-state index contributed by atoms with van der Waals surface area (Å²) < 4.78 is 7.52. The van der Waals surface area contributed by atoms with E-state index in [9.17, 15) is 0 Å². The van der Waals surface area contributed by atoms with Crippen LogP contribution in [0.4, 0.5) is 0 Å². The Morgan fingerprint density at radius 3 is 2.17 bits per heavy atom. The Labute approximate surface area is 141 Å². The zero-order chi connectivity index (χ0) is 16.9. The van der Waals surface area contributed by atoms with E-state index in [2.05, 4.69) is 46.5 Å². The van der Waals surface area contributed by atoms with Gasteiger partial charge in [0.25, 0.3) is 0 Å². The van der Waals surface area contributed by atoms with Gasteiger partial charge >= 0.3 is 0 Å². The molecule has 2 aromatic carbocycles. The fourth-order valence-electron chi connectivity index (χ4n) is 2.26. The SMILES string of the molecule is Cc1ccc(COc2ccc(/C=N\n3c(C)nnc3C)cc2)cc1. The number of nitrogens with zero attached hydrogens (tertiary/aromatic N) is 4. The van der Waals surface area contributed by atoms with Crippen LogP contribution < -0.4 is 4.74 Å². The van der Waals surface area contributed by atoms with E-state index in [0.29, 0.717) is 6.61 Å². The summed E-state index contributed by atoms with van der Waals surface area (Å²) in [5.41, 5.74) is 3.40. The second kappa shape index (κ2) is 7.08. The smallest absolute Gasteiger partial charge is 0.151 e. The van der Waals surface area contributed by atoms with Crippen LogP contribution in [0.3, 0.4) is 0 Å². The Morgan fingerprint density at radius 1 is 0.917 bits per heavy atom. The van der Waals surface area contributed by atoms with Gasteiger partial charge in [-0.25, -0.2) is 4.68 Å². The lowest BCUT2D eigenvalue weighted by molar-refractivity contribution is 0.306. The highest BCUT2D eigenvalue weighted by Crippen LogP contribution is 2.14. The lowest BCUT2D eigenvalue weighted by Crippen LogP contribution is -1.97. The van der Waals surface area contributed by atoms with Gasteiger partial charge in [0.15, 0.2) is 11.6 Å². The first kappa shape index (κ1) is 15.9. The molecule has 0 amide bonds. The molecule has 0 atom stereocenters. The first-order valence-corrected chi connectivity index (χ1v) is 7.83. The van der Waals surface area contributed by atoms with Crippen molar-refractivity contribution in [3.8, 4) is 5.75 Å². The van der Waals surface area contributed by atoms with Gasteiger partial charge in [0.1, 0.15) is 12.4 Å². The molecule has 0 N–H and O–H groups in total. The molecule has 3 rings (SSSR count). The minimum absolute atomic E-state index is 0.562. The fourth-order valence-corrected chi connectivity index (χ4v) is 2.26. The van der Waals surface area contributed by atoms with Crippen molar-refractivity contribution in [2.75, 3.05) is 0 Å². The van der Waals surface area contributed by atoms with Crippen LogP contribution in [-0.2, 0) is 6.61 Å². The van der Waals surface area contributed by atoms with Gasteiger partial charge in [-0.05, 0) is 56.2 Å². The van der Waals surface area contributed by atoms with Gasteiger partial charge in [0.2, 0.25) is 0 Å². The highest BCUT2D eigenvalue weighted by molar-refractivity contribution is 5.79. The molecular formula is C19H20N4O. The minimum Gasteiger partial charge on any atom is -0.489 e. The number of hydrogen-bond donors (Lipinski definition) is 0. The molecule has 0 saturated carbocycles. The van der Waals surface area contributed by atoms with Crippen LogP contribution in [0.2, 0.25) is 0 Å². The topological polar surface area (TPSA) is 52.3 Å². The fraction of sp³-hybridized carbons (Fsp3) is 0.211. The van der Waals surface area contributed by atoms with Gasteiger partial charge in [0, 0.05) is 0 Å². The minimum atomic E-state index is 0.562. The number of rotatable bonds is 5. The predicted molar refractivity (Wildman–Crippen MR) is 94.4 cm³/mol. The van der Waals surface area contributed by atoms with Crippen molar-refractivity contribution in [3.63, 3.8) is 0 Å². The molecule has 0 bridgehead atoms. The van der Waals surface area contributed by atoms with Gasteiger partial charge in [-0.2, -0.15) is 5.10 Å². The van der Waals surface area contributed by atoms with Crippen molar-refractivity contribution >= 4 is 6.21 Å². The summed E-state index contributed by atoms with van der Waals surface area (Å²) in [5.74, 6) is 2.37. The third-order valence-corrected chi connectivity index (χ3v) is 3.68. The molecule has 0 fully saturated rings. The Morgan fingerprint density at radius 2 is 1.54 bits per heavy atom. The molecule has 0 aliphatic carbocycles. The normalized spacial score (nSPS) is 11.1. The van der Waals surface area contributed by atoms with E-state index in [0.717, 1.165) is 28.5 Å². The third-order valence-electron chi connectivity index (χ3n) is 3.68. The van der Waals surface area contributed by atoms with Crippen LogP contribution >= 0.6 is 0 Å². The summed E-state index contributed by atoms with van der Waals surface area (Å²) in [5, 5.41) is 12.4.